The number of aryl methyl sites for hydroxylation is 2. The quantitative estimate of drug-likeness (QED) is 0.147. The number of hydrogen-bond acceptors (Lipinski definition) is 5. The van der Waals surface area contributed by atoms with Crippen LogP contribution in [0.15, 0.2) is 84.9 Å². The summed E-state index contributed by atoms with van der Waals surface area (Å²) in [5.41, 5.74) is 2.56. The lowest BCUT2D eigenvalue weighted by molar-refractivity contribution is -0.125. The normalized spacial score (nSPS) is 18.4. The first-order valence-corrected chi connectivity index (χ1v) is 15.7. The molecule has 4 aromatic carbocycles. The van der Waals surface area contributed by atoms with E-state index in [0.29, 0.717) is 36.9 Å². The van der Waals surface area contributed by atoms with Crippen LogP contribution < -0.4 is 9.47 Å². The van der Waals surface area contributed by atoms with Crippen LogP contribution in [0, 0.1) is 5.92 Å². The van der Waals surface area contributed by atoms with Gasteiger partial charge in [-0.15, -0.1) is 0 Å². The summed E-state index contributed by atoms with van der Waals surface area (Å²) in [6, 6.07) is 27.8. The molecule has 0 aromatic heterocycles. The highest BCUT2D eigenvalue weighted by Crippen LogP contribution is 2.37. The zero-order chi connectivity index (χ0) is 30.1. The van der Waals surface area contributed by atoms with Gasteiger partial charge in [0.1, 0.15) is 18.1 Å². The minimum atomic E-state index is -0.857. The number of unbranched alkanes of at least 4 members (excludes halogenated alkanes) is 1. The van der Waals surface area contributed by atoms with Crippen LogP contribution in [0.2, 0.25) is 0 Å². The van der Waals surface area contributed by atoms with Gasteiger partial charge in [-0.1, -0.05) is 67.4 Å². The Morgan fingerprint density at radius 3 is 2.35 bits per heavy atom. The Morgan fingerprint density at radius 1 is 0.814 bits per heavy atom. The minimum Gasteiger partial charge on any atom is -0.508 e. The van der Waals surface area contributed by atoms with E-state index in [-0.39, 0.29) is 18.0 Å². The van der Waals surface area contributed by atoms with Gasteiger partial charge in [0.25, 0.3) is 0 Å². The first kappa shape index (κ1) is 30.6. The van der Waals surface area contributed by atoms with E-state index in [4.69, 9.17) is 9.47 Å². The first-order chi connectivity index (χ1) is 20.9. The number of phenolic OH excluding ortho intramolecular Hbond substituents is 1. The van der Waals surface area contributed by atoms with Gasteiger partial charge in [0.15, 0.2) is 11.5 Å². The number of Topliss-reactive ketones (excluding diaryl/α,β-unsaturated/α-hetero) is 1. The third-order valence-corrected chi connectivity index (χ3v) is 8.94. The molecule has 5 rings (SSSR count). The third-order valence-electron chi connectivity index (χ3n) is 8.94. The van der Waals surface area contributed by atoms with Gasteiger partial charge in [0, 0.05) is 12.8 Å². The molecule has 0 spiro atoms. The second kappa shape index (κ2) is 14.6. The van der Waals surface area contributed by atoms with Gasteiger partial charge < -0.3 is 19.7 Å². The fourth-order valence-corrected chi connectivity index (χ4v) is 6.35. The Balaban J connectivity index is 1.06. The van der Waals surface area contributed by atoms with Crippen molar-refractivity contribution in [1.29, 1.82) is 0 Å². The number of methoxy groups -OCH3 is 1. The third kappa shape index (κ3) is 8.84. The van der Waals surface area contributed by atoms with Crippen LogP contribution in [-0.4, -0.2) is 28.7 Å². The standard InChI is InChI=1S/C38H44O5/c1-42-36-18-13-30(24-37(36)43-27-31-11-14-33-25-34(39)17-15-32(33)23-31)12-16-35(40)26-38(41)21-19-29(20-22-38)10-6-5-9-28-7-3-2-4-8-28/h2-4,7-8,11,13-15,17-18,23-25,29,39,41H,5-6,9-10,12,16,19-22,26-27H2,1H3. The summed E-state index contributed by atoms with van der Waals surface area (Å²) in [6.45, 7) is 0.372. The zero-order valence-corrected chi connectivity index (χ0v) is 25.3. The summed E-state index contributed by atoms with van der Waals surface area (Å²) < 4.78 is 11.7. The number of rotatable bonds is 14. The van der Waals surface area contributed by atoms with Crippen LogP contribution in [0.1, 0.15) is 74.5 Å². The predicted molar refractivity (Wildman–Crippen MR) is 172 cm³/mol. The number of carbonyl (C=O) groups excluding carboxylic acids is 1. The monoisotopic (exact) mass is 580 g/mol. The maximum atomic E-state index is 12.9. The summed E-state index contributed by atoms with van der Waals surface area (Å²) in [6.07, 6.45) is 9.46. The van der Waals surface area contributed by atoms with Gasteiger partial charge in [0.05, 0.1) is 12.7 Å². The number of carbonyl (C=O) groups is 1. The van der Waals surface area contributed by atoms with E-state index in [1.807, 2.05) is 42.5 Å². The number of fused-ring (bicyclic) bond motifs is 1. The summed E-state index contributed by atoms with van der Waals surface area (Å²) in [5, 5.41) is 22.9. The van der Waals surface area contributed by atoms with Gasteiger partial charge in [-0.05, 0) is 109 Å². The highest BCUT2D eigenvalue weighted by atomic mass is 16.5. The van der Waals surface area contributed by atoms with Crippen molar-refractivity contribution in [2.75, 3.05) is 7.11 Å². The highest BCUT2D eigenvalue weighted by molar-refractivity contribution is 5.84. The molecule has 1 fully saturated rings. The Kier molecular flexibility index (Phi) is 10.4. The smallest absolute Gasteiger partial charge is 0.161 e. The lowest BCUT2D eigenvalue weighted by Gasteiger charge is -2.35. The zero-order valence-electron chi connectivity index (χ0n) is 25.3. The topological polar surface area (TPSA) is 76.0 Å². The van der Waals surface area contributed by atoms with Crippen molar-refractivity contribution in [2.24, 2.45) is 5.92 Å². The molecule has 0 radical (unpaired) electrons. The van der Waals surface area contributed by atoms with Crippen LogP contribution >= 0.6 is 0 Å². The van der Waals surface area contributed by atoms with Crippen molar-refractivity contribution in [2.45, 2.75) is 82.8 Å². The molecular formula is C38H44O5. The van der Waals surface area contributed by atoms with Crippen LogP contribution in [0.4, 0.5) is 0 Å². The summed E-state index contributed by atoms with van der Waals surface area (Å²) in [4.78, 5) is 12.9. The molecule has 1 saturated carbocycles. The van der Waals surface area contributed by atoms with Gasteiger partial charge >= 0.3 is 0 Å². The molecular weight excluding hydrogens is 536 g/mol. The Bertz CT molecular complexity index is 1490. The van der Waals surface area contributed by atoms with Crippen molar-refractivity contribution in [3.8, 4) is 17.2 Å². The lowest BCUT2D eigenvalue weighted by atomic mass is 9.74. The molecule has 0 amide bonds. The van der Waals surface area contributed by atoms with E-state index in [2.05, 4.69) is 30.3 Å². The summed E-state index contributed by atoms with van der Waals surface area (Å²) >= 11 is 0. The molecule has 0 aliphatic heterocycles. The van der Waals surface area contributed by atoms with E-state index in [0.717, 1.165) is 54.0 Å². The number of benzene rings is 4. The second-order valence-electron chi connectivity index (χ2n) is 12.3. The predicted octanol–water partition coefficient (Wildman–Crippen LogP) is 8.36. The second-order valence-corrected chi connectivity index (χ2v) is 12.3. The number of ether oxygens (including phenoxy) is 2. The number of aliphatic hydroxyl groups is 1. The number of ketones is 1. The van der Waals surface area contributed by atoms with Crippen molar-refractivity contribution in [3.05, 3.63) is 102 Å². The minimum absolute atomic E-state index is 0.115. The molecule has 5 heteroatoms. The van der Waals surface area contributed by atoms with Crippen LogP contribution in [-0.2, 0) is 24.2 Å². The molecule has 0 unspecified atom stereocenters. The summed E-state index contributed by atoms with van der Waals surface area (Å²) in [7, 11) is 1.62. The number of phenols is 1. The SMILES string of the molecule is COc1ccc(CCC(=O)CC2(O)CCC(CCCCc3ccccc3)CC2)cc1OCc1ccc2cc(O)ccc2c1. The molecule has 0 saturated heterocycles. The van der Waals surface area contributed by atoms with E-state index < -0.39 is 5.60 Å². The number of hydrogen-bond donors (Lipinski definition) is 2. The summed E-state index contributed by atoms with van der Waals surface area (Å²) in [5.74, 6) is 2.31. The van der Waals surface area contributed by atoms with Crippen LogP contribution in [0.25, 0.3) is 10.8 Å². The average Bonchev–Trinajstić information content (AvgIpc) is 3.02. The maximum absolute atomic E-state index is 12.9. The van der Waals surface area contributed by atoms with E-state index in [1.165, 1.54) is 24.8 Å². The molecule has 226 valence electrons. The molecule has 0 bridgehead atoms. The Hall–Kier alpha value is -3.83. The molecule has 0 atom stereocenters. The largest absolute Gasteiger partial charge is 0.508 e. The molecule has 1 aliphatic carbocycles. The molecule has 4 aromatic rings. The van der Waals surface area contributed by atoms with Crippen LogP contribution in [0.3, 0.4) is 0 Å². The van der Waals surface area contributed by atoms with Gasteiger partial charge in [-0.25, -0.2) is 0 Å². The van der Waals surface area contributed by atoms with Gasteiger partial charge in [0.2, 0.25) is 0 Å². The number of aromatic hydroxyl groups is 1. The molecule has 5 nitrogen and oxygen atoms in total. The van der Waals surface area contributed by atoms with Crippen molar-refractivity contribution in [1.82, 2.24) is 0 Å². The Morgan fingerprint density at radius 2 is 1.56 bits per heavy atom. The fraction of sp³-hybridized carbons (Fsp3) is 0.395. The molecule has 2 N–H and O–H groups in total. The van der Waals surface area contributed by atoms with E-state index >= 15 is 0 Å². The van der Waals surface area contributed by atoms with E-state index in [1.54, 1.807) is 19.2 Å². The van der Waals surface area contributed by atoms with E-state index in [9.17, 15) is 15.0 Å². The molecule has 43 heavy (non-hydrogen) atoms. The fourth-order valence-electron chi connectivity index (χ4n) is 6.35. The maximum Gasteiger partial charge on any atom is 0.161 e. The lowest BCUT2D eigenvalue weighted by Crippen LogP contribution is -2.36. The van der Waals surface area contributed by atoms with Gasteiger partial charge in [-0.2, -0.15) is 0 Å². The Labute approximate surface area is 255 Å². The average molecular weight is 581 g/mol. The first-order valence-electron chi connectivity index (χ1n) is 15.7. The van der Waals surface area contributed by atoms with Gasteiger partial charge in [-0.3, -0.25) is 4.79 Å². The molecule has 0 heterocycles. The van der Waals surface area contributed by atoms with Crippen molar-refractivity contribution < 1.29 is 24.5 Å². The van der Waals surface area contributed by atoms with Crippen LogP contribution in [0.5, 0.6) is 17.2 Å². The molecule has 1 aliphatic rings. The van der Waals surface area contributed by atoms with Crippen molar-refractivity contribution >= 4 is 16.6 Å². The highest BCUT2D eigenvalue weighted by Gasteiger charge is 2.34. The van der Waals surface area contributed by atoms with Crippen molar-refractivity contribution in [3.63, 3.8) is 0 Å².